The summed E-state index contributed by atoms with van der Waals surface area (Å²) in [5.74, 6) is 3.08. The van der Waals surface area contributed by atoms with Crippen LogP contribution in [0.1, 0.15) is 66.4 Å². The molecule has 1 rings (SSSR count). The van der Waals surface area contributed by atoms with E-state index in [-0.39, 0.29) is 11.5 Å². The third-order valence-corrected chi connectivity index (χ3v) is 3.84. The van der Waals surface area contributed by atoms with Gasteiger partial charge in [0.05, 0.1) is 0 Å². The fourth-order valence-electron chi connectivity index (χ4n) is 2.63. The number of terminal acetylenes is 1. The van der Waals surface area contributed by atoms with Gasteiger partial charge in [0, 0.05) is 19.4 Å². The van der Waals surface area contributed by atoms with Crippen molar-refractivity contribution in [1.82, 2.24) is 10.6 Å². The van der Waals surface area contributed by atoms with Crippen LogP contribution >= 0.6 is 0 Å². The highest BCUT2D eigenvalue weighted by Crippen LogP contribution is 2.19. The smallest absolute Gasteiger partial charge is 0.408 e. The number of unbranched alkanes of at least 4 members (excludes halogenated alkanes) is 2. The number of hydrogen-bond acceptors (Lipinski definition) is 4. The van der Waals surface area contributed by atoms with Gasteiger partial charge >= 0.3 is 6.09 Å². The Labute approximate surface area is 181 Å². The summed E-state index contributed by atoms with van der Waals surface area (Å²) in [7, 11) is 0. The number of carbonyl (C=O) groups excluding carboxylic acids is 2. The van der Waals surface area contributed by atoms with Gasteiger partial charge in [0.2, 0.25) is 5.91 Å². The molecule has 0 saturated heterocycles. The van der Waals surface area contributed by atoms with Gasteiger partial charge in [-0.05, 0) is 72.1 Å². The normalized spacial score (nSPS) is 12.4. The van der Waals surface area contributed by atoms with Crippen molar-refractivity contribution in [3.63, 3.8) is 0 Å². The summed E-state index contributed by atoms with van der Waals surface area (Å²) in [6, 6.07) is 6.77. The van der Waals surface area contributed by atoms with E-state index in [9.17, 15) is 9.59 Å². The minimum atomic E-state index is -0.748. The Bertz CT molecular complexity index is 722. The summed E-state index contributed by atoms with van der Waals surface area (Å²) < 4.78 is 11.1. The molecule has 166 valence electrons. The van der Waals surface area contributed by atoms with Gasteiger partial charge in [0.25, 0.3) is 0 Å². The van der Waals surface area contributed by atoms with Crippen LogP contribution in [0, 0.1) is 12.3 Å². The van der Waals surface area contributed by atoms with Crippen LogP contribution in [0.3, 0.4) is 0 Å². The molecule has 6 heteroatoms. The second-order valence-electron chi connectivity index (χ2n) is 9.21. The molecule has 0 saturated carbocycles. The minimum absolute atomic E-state index is 0.253. The van der Waals surface area contributed by atoms with Crippen LogP contribution in [-0.2, 0) is 16.0 Å². The number of alkyl carbamates (subject to hydrolysis) is 1. The monoisotopic (exact) mass is 416 g/mol. The molecule has 2 N–H and O–H groups in total. The fourth-order valence-corrected chi connectivity index (χ4v) is 2.63. The van der Waals surface area contributed by atoms with Gasteiger partial charge in [-0.15, -0.1) is 12.3 Å². The van der Waals surface area contributed by atoms with Crippen molar-refractivity contribution in [2.75, 3.05) is 6.54 Å². The molecule has 0 aliphatic rings. The van der Waals surface area contributed by atoms with Crippen LogP contribution in [-0.4, -0.2) is 35.8 Å². The lowest BCUT2D eigenvalue weighted by molar-refractivity contribution is -0.123. The molecule has 0 aliphatic carbocycles. The zero-order valence-electron chi connectivity index (χ0n) is 19.1. The second-order valence-corrected chi connectivity index (χ2v) is 9.21. The Balaban J connectivity index is 2.80. The van der Waals surface area contributed by atoms with Crippen molar-refractivity contribution < 1.29 is 19.1 Å². The highest BCUT2D eigenvalue weighted by atomic mass is 16.6. The highest BCUT2D eigenvalue weighted by molar-refractivity contribution is 5.86. The summed E-state index contributed by atoms with van der Waals surface area (Å²) in [5.41, 5.74) is -0.0340. The van der Waals surface area contributed by atoms with Gasteiger partial charge in [0.15, 0.2) is 0 Å². The molecule has 0 heterocycles. The molecule has 2 amide bonds. The minimum Gasteiger partial charge on any atom is -0.488 e. The van der Waals surface area contributed by atoms with Crippen molar-refractivity contribution in [2.24, 2.45) is 0 Å². The summed E-state index contributed by atoms with van der Waals surface area (Å²) in [4.78, 5) is 24.9. The van der Waals surface area contributed by atoms with Crippen molar-refractivity contribution >= 4 is 12.0 Å². The zero-order chi connectivity index (χ0) is 22.8. The summed E-state index contributed by atoms with van der Waals surface area (Å²) >= 11 is 0. The Morgan fingerprint density at radius 2 is 1.67 bits per heavy atom. The molecule has 1 atom stereocenters. The predicted molar refractivity (Wildman–Crippen MR) is 119 cm³/mol. The van der Waals surface area contributed by atoms with Gasteiger partial charge < -0.3 is 20.1 Å². The van der Waals surface area contributed by atoms with Crippen LogP contribution in [0.4, 0.5) is 4.79 Å². The average molecular weight is 417 g/mol. The van der Waals surface area contributed by atoms with Crippen LogP contribution in [0.5, 0.6) is 5.75 Å². The van der Waals surface area contributed by atoms with Crippen LogP contribution < -0.4 is 15.4 Å². The number of ether oxygens (including phenoxy) is 2. The summed E-state index contributed by atoms with van der Waals surface area (Å²) in [6.45, 7) is 11.8. The zero-order valence-corrected chi connectivity index (χ0v) is 19.1. The van der Waals surface area contributed by atoms with Crippen LogP contribution in [0.25, 0.3) is 0 Å². The molecular formula is C24H36N2O4. The Morgan fingerprint density at radius 3 is 2.20 bits per heavy atom. The maximum atomic E-state index is 12.7. The second kappa shape index (κ2) is 11.5. The number of benzene rings is 1. The Kier molecular flexibility index (Phi) is 9.71. The maximum absolute atomic E-state index is 12.7. The summed E-state index contributed by atoms with van der Waals surface area (Å²) in [5, 5.41) is 5.56. The lowest BCUT2D eigenvalue weighted by Crippen LogP contribution is -2.49. The molecule has 6 nitrogen and oxygen atoms in total. The van der Waals surface area contributed by atoms with Crippen LogP contribution in [0.2, 0.25) is 0 Å². The SMILES string of the molecule is C#CCCCCNC(=O)[C@@H](Cc1ccc(OC(C)(C)C)cc1)NC(=O)OC(C)(C)C. The van der Waals surface area contributed by atoms with Crippen molar-refractivity contribution in [2.45, 2.75) is 84.5 Å². The van der Waals surface area contributed by atoms with E-state index in [0.29, 0.717) is 19.4 Å². The van der Waals surface area contributed by atoms with Gasteiger partial charge in [-0.25, -0.2) is 4.79 Å². The Hall–Kier alpha value is -2.68. The van der Waals surface area contributed by atoms with Gasteiger partial charge in [-0.2, -0.15) is 0 Å². The van der Waals surface area contributed by atoms with Gasteiger partial charge in [0.1, 0.15) is 23.0 Å². The van der Waals surface area contributed by atoms with E-state index in [1.54, 1.807) is 20.8 Å². The number of carbonyl (C=O) groups is 2. The van der Waals surface area contributed by atoms with Crippen LogP contribution in [0.15, 0.2) is 24.3 Å². The molecule has 0 unspecified atom stereocenters. The standard InChI is InChI=1S/C24H36N2O4/c1-8-9-10-11-16-25-21(27)20(26-22(28)30-24(5,6)7)17-18-12-14-19(15-13-18)29-23(2,3)4/h1,12-15,20H,9-11,16-17H2,2-7H3,(H,25,27)(H,26,28)/t20-/m1/s1. The van der Waals surface area contributed by atoms with Crippen molar-refractivity contribution in [3.05, 3.63) is 29.8 Å². The molecule has 0 bridgehead atoms. The molecule has 0 spiro atoms. The largest absolute Gasteiger partial charge is 0.488 e. The molecular weight excluding hydrogens is 380 g/mol. The first-order valence-corrected chi connectivity index (χ1v) is 10.4. The third kappa shape index (κ3) is 11.4. The average Bonchev–Trinajstić information content (AvgIpc) is 2.59. The molecule has 0 aromatic heterocycles. The molecule has 0 radical (unpaired) electrons. The lowest BCUT2D eigenvalue weighted by Gasteiger charge is -2.24. The molecule has 1 aromatic rings. The van der Waals surface area contributed by atoms with E-state index in [1.807, 2.05) is 45.0 Å². The molecule has 0 fully saturated rings. The van der Waals surface area contributed by atoms with E-state index in [2.05, 4.69) is 16.6 Å². The van der Waals surface area contributed by atoms with E-state index in [1.165, 1.54) is 0 Å². The lowest BCUT2D eigenvalue weighted by atomic mass is 10.0. The fraction of sp³-hybridized carbons (Fsp3) is 0.583. The summed E-state index contributed by atoms with van der Waals surface area (Å²) in [6.07, 6.45) is 7.27. The van der Waals surface area contributed by atoms with E-state index in [4.69, 9.17) is 15.9 Å². The van der Waals surface area contributed by atoms with E-state index in [0.717, 1.165) is 24.2 Å². The first-order chi connectivity index (χ1) is 13.9. The highest BCUT2D eigenvalue weighted by Gasteiger charge is 2.24. The maximum Gasteiger partial charge on any atom is 0.408 e. The predicted octanol–water partition coefficient (Wildman–Crippen LogP) is 4.22. The van der Waals surface area contributed by atoms with Crippen molar-refractivity contribution in [1.29, 1.82) is 0 Å². The topological polar surface area (TPSA) is 76.7 Å². The number of amides is 2. The van der Waals surface area contributed by atoms with E-state index < -0.39 is 17.7 Å². The quantitative estimate of drug-likeness (QED) is 0.467. The molecule has 1 aromatic carbocycles. The number of nitrogens with one attached hydrogen (secondary N) is 2. The van der Waals surface area contributed by atoms with Gasteiger partial charge in [-0.1, -0.05) is 12.1 Å². The Morgan fingerprint density at radius 1 is 1.03 bits per heavy atom. The number of hydrogen-bond donors (Lipinski definition) is 2. The van der Waals surface area contributed by atoms with Crippen molar-refractivity contribution in [3.8, 4) is 18.1 Å². The first-order valence-electron chi connectivity index (χ1n) is 10.4. The molecule has 30 heavy (non-hydrogen) atoms. The van der Waals surface area contributed by atoms with Gasteiger partial charge in [-0.3, -0.25) is 4.79 Å². The first kappa shape index (κ1) is 25.4. The van der Waals surface area contributed by atoms with E-state index >= 15 is 0 Å². The third-order valence-electron chi connectivity index (χ3n) is 3.84. The molecule has 0 aliphatic heterocycles. The number of rotatable bonds is 9.